The number of carbonyl (C=O) groups excluding carboxylic acids is 2. The zero-order valence-electron chi connectivity index (χ0n) is 11.8. The van der Waals surface area contributed by atoms with Crippen LogP contribution in [0.5, 0.6) is 0 Å². The molecule has 0 radical (unpaired) electrons. The van der Waals surface area contributed by atoms with E-state index >= 15 is 0 Å². The molecule has 2 aromatic rings. The van der Waals surface area contributed by atoms with Gasteiger partial charge in [-0.1, -0.05) is 11.2 Å². The Morgan fingerprint density at radius 3 is 3.05 bits per heavy atom. The summed E-state index contributed by atoms with van der Waals surface area (Å²) in [4.78, 5) is 32.2. The van der Waals surface area contributed by atoms with Crippen molar-refractivity contribution in [1.29, 1.82) is 0 Å². The summed E-state index contributed by atoms with van der Waals surface area (Å²) in [7, 11) is 0. The molecule has 22 heavy (non-hydrogen) atoms. The zero-order valence-corrected chi connectivity index (χ0v) is 11.8. The number of fused-ring (bicyclic) bond motifs is 3. The molecule has 1 N–H and O–H groups in total. The molecule has 1 aliphatic rings. The van der Waals surface area contributed by atoms with E-state index in [-0.39, 0.29) is 24.8 Å². The summed E-state index contributed by atoms with van der Waals surface area (Å²) < 4.78 is 4.72. The number of nitrogens with zero attached hydrogens (tertiary/aromatic N) is 2. The summed E-state index contributed by atoms with van der Waals surface area (Å²) in [6.07, 6.45) is 3.36. The minimum atomic E-state index is -0.534. The van der Waals surface area contributed by atoms with Crippen LogP contribution in [-0.4, -0.2) is 35.8 Å². The molecule has 112 valence electrons. The third-order valence-electron chi connectivity index (χ3n) is 3.18. The van der Waals surface area contributed by atoms with Crippen molar-refractivity contribution in [3.8, 4) is 0 Å². The molecule has 0 spiro atoms. The zero-order chi connectivity index (χ0) is 15.5. The van der Waals surface area contributed by atoms with Gasteiger partial charge in [0.1, 0.15) is 0 Å². The van der Waals surface area contributed by atoms with Crippen molar-refractivity contribution in [3.05, 3.63) is 36.2 Å². The van der Waals surface area contributed by atoms with E-state index in [1.807, 2.05) is 12.1 Å². The highest BCUT2D eigenvalue weighted by atomic mass is 16.7. The van der Waals surface area contributed by atoms with Crippen molar-refractivity contribution in [2.24, 2.45) is 5.16 Å². The third kappa shape index (κ3) is 2.48. The van der Waals surface area contributed by atoms with Gasteiger partial charge in [-0.05, 0) is 24.4 Å². The first kappa shape index (κ1) is 14.0. The number of rotatable bonds is 4. The van der Waals surface area contributed by atoms with E-state index in [1.54, 1.807) is 25.4 Å². The van der Waals surface area contributed by atoms with Crippen LogP contribution in [0.1, 0.15) is 12.5 Å². The summed E-state index contributed by atoms with van der Waals surface area (Å²) in [5.74, 6) is -0.914. The predicted octanol–water partition coefficient (Wildman–Crippen LogP) is 1.47. The quantitative estimate of drug-likeness (QED) is 0.682. The fourth-order valence-electron chi connectivity index (χ4n) is 2.23. The van der Waals surface area contributed by atoms with Gasteiger partial charge in [0, 0.05) is 23.3 Å². The second kappa shape index (κ2) is 5.80. The van der Waals surface area contributed by atoms with Crippen LogP contribution in [0.15, 0.2) is 35.7 Å². The Labute approximate surface area is 125 Å². The van der Waals surface area contributed by atoms with E-state index < -0.39 is 5.97 Å². The highest BCUT2D eigenvalue weighted by Crippen LogP contribution is 2.31. The summed E-state index contributed by atoms with van der Waals surface area (Å²) in [5, 5.41) is 8.29. The second-order valence-corrected chi connectivity index (χ2v) is 4.56. The lowest BCUT2D eigenvalue weighted by Gasteiger charge is -2.03. The van der Waals surface area contributed by atoms with E-state index in [0.29, 0.717) is 11.3 Å². The van der Waals surface area contributed by atoms with Crippen molar-refractivity contribution >= 4 is 34.0 Å². The van der Waals surface area contributed by atoms with E-state index in [9.17, 15) is 9.59 Å². The molecule has 1 amide bonds. The number of amides is 1. The van der Waals surface area contributed by atoms with Crippen LogP contribution < -0.4 is 5.32 Å². The molecule has 2 heterocycles. The smallest absolute Gasteiger partial charge is 0.347 e. The van der Waals surface area contributed by atoms with Crippen molar-refractivity contribution in [1.82, 2.24) is 4.98 Å². The molecular formula is C15H13N3O4. The number of hydrogen-bond acceptors (Lipinski definition) is 6. The van der Waals surface area contributed by atoms with Crippen molar-refractivity contribution in [2.45, 2.75) is 6.92 Å². The van der Waals surface area contributed by atoms with Crippen molar-refractivity contribution in [3.63, 3.8) is 0 Å². The largest absolute Gasteiger partial charge is 0.463 e. The first-order valence-corrected chi connectivity index (χ1v) is 6.74. The number of nitrogens with one attached hydrogen (secondary N) is 1. The average molecular weight is 299 g/mol. The molecule has 1 aromatic heterocycles. The number of ether oxygens (including phenoxy) is 1. The third-order valence-corrected chi connectivity index (χ3v) is 3.18. The lowest BCUT2D eigenvalue weighted by Crippen LogP contribution is -2.16. The number of benzene rings is 1. The molecule has 1 aromatic carbocycles. The molecule has 0 fully saturated rings. The fraction of sp³-hybridized carbons (Fsp3) is 0.200. The normalized spacial score (nSPS) is 14.8. The standard InChI is InChI=1S/C15H13N3O4/c1-2-21-12(19)8-22-18-14-10-4-3-9-5-6-16-7-11(9)13(10)17-15(14)20/h3-7H,2,8H2,1H3,(H,17,18,20). The van der Waals surface area contributed by atoms with Gasteiger partial charge in [0.2, 0.25) is 6.61 Å². The Bertz CT molecular complexity index is 785. The van der Waals surface area contributed by atoms with Gasteiger partial charge in [-0.2, -0.15) is 0 Å². The number of oxime groups is 1. The van der Waals surface area contributed by atoms with Crippen molar-refractivity contribution in [2.75, 3.05) is 18.5 Å². The van der Waals surface area contributed by atoms with Crippen LogP contribution in [0.4, 0.5) is 5.69 Å². The lowest BCUT2D eigenvalue weighted by molar-refractivity contribution is -0.148. The topological polar surface area (TPSA) is 89.9 Å². The summed E-state index contributed by atoms with van der Waals surface area (Å²) in [6.45, 7) is 1.62. The Hall–Kier alpha value is -2.96. The number of carbonyl (C=O) groups is 2. The van der Waals surface area contributed by atoms with Gasteiger partial charge in [0.15, 0.2) is 5.71 Å². The predicted molar refractivity (Wildman–Crippen MR) is 79.5 cm³/mol. The fourth-order valence-corrected chi connectivity index (χ4v) is 2.23. The van der Waals surface area contributed by atoms with Gasteiger partial charge in [-0.15, -0.1) is 0 Å². The lowest BCUT2D eigenvalue weighted by atomic mass is 10.1. The molecular weight excluding hydrogens is 286 g/mol. The van der Waals surface area contributed by atoms with Crippen LogP contribution >= 0.6 is 0 Å². The van der Waals surface area contributed by atoms with Crippen LogP contribution in [0.3, 0.4) is 0 Å². The molecule has 0 atom stereocenters. The van der Waals surface area contributed by atoms with Gasteiger partial charge >= 0.3 is 5.97 Å². The number of hydrogen-bond donors (Lipinski definition) is 1. The van der Waals surface area contributed by atoms with E-state index in [0.717, 1.165) is 10.8 Å². The van der Waals surface area contributed by atoms with E-state index in [4.69, 9.17) is 9.57 Å². The first-order valence-electron chi connectivity index (χ1n) is 6.74. The summed E-state index contributed by atoms with van der Waals surface area (Å²) in [6, 6.07) is 5.51. The Morgan fingerprint density at radius 1 is 1.36 bits per heavy atom. The van der Waals surface area contributed by atoms with E-state index in [1.165, 1.54) is 0 Å². The molecule has 0 saturated heterocycles. The number of esters is 1. The molecule has 1 aliphatic heterocycles. The van der Waals surface area contributed by atoms with Gasteiger partial charge < -0.3 is 14.9 Å². The van der Waals surface area contributed by atoms with Crippen LogP contribution in [0.25, 0.3) is 10.8 Å². The van der Waals surface area contributed by atoms with Gasteiger partial charge in [-0.25, -0.2) is 4.79 Å². The molecule has 0 aliphatic carbocycles. The first-order chi connectivity index (χ1) is 10.7. The average Bonchev–Trinajstić information content (AvgIpc) is 2.84. The van der Waals surface area contributed by atoms with Gasteiger partial charge in [0.05, 0.1) is 12.3 Å². The van der Waals surface area contributed by atoms with E-state index in [2.05, 4.69) is 15.5 Å². The number of aromatic nitrogens is 1. The van der Waals surface area contributed by atoms with Crippen LogP contribution in [0, 0.1) is 0 Å². The second-order valence-electron chi connectivity index (χ2n) is 4.56. The highest BCUT2D eigenvalue weighted by Gasteiger charge is 2.28. The SMILES string of the molecule is CCOC(=O)CON=C1C(=O)Nc2c1ccc1ccncc21. The maximum absolute atomic E-state index is 12.0. The molecule has 0 saturated carbocycles. The maximum atomic E-state index is 12.0. The molecule has 7 nitrogen and oxygen atoms in total. The Kier molecular flexibility index (Phi) is 3.69. The van der Waals surface area contributed by atoms with Crippen LogP contribution in [0.2, 0.25) is 0 Å². The summed E-state index contributed by atoms with van der Waals surface area (Å²) >= 11 is 0. The van der Waals surface area contributed by atoms with Gasteiger partial charge in [-0.3, -0.25) is 9.78 Å². The summed E-state index contributed by atoms with van der Waals surface area (Å²) in [5.41, 5.74) is 1.40. The van der Waals surface area contributed by atoms with Crippen LogP contribution in [-0.2, 0) is 19.2 Å². The van der Waals surface area contributed by atoms with Crippen molar-refractivity contribution < 1.29 is 19.2 Å². The number of anilines is 1. The maximum Gasteiger partial charge on any atom is 0.347 e. The minimum Gasteiger partial charge on any atom is -0.463 e. The number of pyridine rings is 1. The molecule has 3 rings (SSSR count). The molecule has 7 heteroatoms. The Balaban J connectivity index is 1.88. The highest BCUT2D eigenvalue weighted by molar-refractivity contribution is 6.54. The monoisotopic (exact) mass is 299 g/mol. The molecule has 0 unspecified atom stereocenters. The van der Waals surface area contributed by atoms with Gasteiger partial charge in [0.25, 0.3) is 5.91 Å². The minimum absolute atomic E-state index is 0.130. The Morgan fingerprint density at radius 2 is 2.23 bits per heavy atom. The molecule has 0 bridgehead atoms.